The number of benzene rings is 3. The van der Waals surface area contributed by atoms with Crippen LogP contribution in [0.15, 0.2) is 62.9 Å². The van der Waals surface area contributed by atoms with Crippen LogP contribution in [0.25, 0.3) is 22.3 Å². The molecule has 4 rings (SSSR count). The number of rotatable bonds is 10. The lowest BCUT2D eigenvalue weighted by Crippen LogP contribution is -2.21. The highest BCUT2D eigenvalue weighted by molar-refractivity contribution is 9.10. The molecule has 0 aliphatic heterocycles. The van der Waals surface area contributed by atoms with Gasteiger partial charge in [0.2, 0.25) is 0 Å². The SMILES string of the molecule is CCOC(=O)COc1c(Br)cc(Cl)cc1C=Nn1c(-c2cc(C(C)C)c(OCC)cc2C)nc2ccccc2c1=O. The summed E-state index contributed by atoms with van der Waals surface area (Å²) in [6, 6.07) is 14.4. The quantitative estimate of drug-likeness (QED) is 0.135. The number of aromatic nitrogens is 2. The second-order valence-corrected chi connectivity index (χ2v) is 10.8. The van der Waals surface area contributed by atoms with Crippen LogP contribution in [0, 0.1) is 6.92 Å². The Labute approximate surface area is 252 Å². The van der Waals surface area contributed by atoms with Gasteiger partial charge in [0.15, 0.2) is 12.4 Å². The third kappa shape index (κ3) is 6.80. The Kier molecular flexibility index (Phi) is 9.83. The van der Waals surface area contributed by atoms with Crippen molar-refractivity contribution in [2.45, 2.75) is 40.5 Å². The minimum atomic E-state index is -0.513. The van der Waals surface area contributed by atoms with Crippen molar-refractivity contribution in [3.63, 3.8) is 0 Å². The summed E-state index contributed by atoms with van der Waals surface area (Å²) in [6.07, 6.45) is 1.46. The van der Waals surface area contributed by atoms with Crippen LogP contribution in [0.2, 0.25) is 5.02 Å². The largest absolute Gasteiger partial charge is 0.494 e. The Morgan fingerprint density at radius 3 is 2.59 bits per heavy atom. The van der Waals surface area contributed by atoms with Crippen molar-refractivity contribution < 1.29 is 19.0 Å². The predicted molar refractivity (Wildman–Crippen MR) is 166 cm³/mol. The van der Waals surface area contributed by atoms with Gasteiger partial charge < -0.3 is 14.2 Å². The van der Waals surface area contributed by atoms with E-state index in [9.17, 15) is 9.59 Å². The molecule has 8 nitrogen and oxygen atoms in total. The summed E-state index contributed by atoms with van der Waals surface area (Å²) in [4.78, 5) is 30.6. The first-order chi connectivity index (χ1) is 19.6. The van der Waals surface area contributed by atoms with Crippen LogP contribution in [-0.2, 0) is 9.53 Å². The molecule has 0 amide bonds. The van der Waals surface area contributed by atoms with Gasteiger partial charge in [0, 0.05) is 16.1 Å². The van der Waals surface area contributed by atoms with E-state index in [4.69, 9.17) is 30.8 Å². The number of halogens is 2. The summed E-state index contributed by atoms with van der Waals surface area (Å²) in [7, 11) is 0. The van der Waals surface area contributed by atoms with E-state index in [1.807, 2.05) is 32.0 Å². The number of carbonyl (C=O) groups is 1. The first kappa shape index (κ1) is 30.3. The lowest BCUT2D eigenvalue weighted by molar-refractivity contribution is -0.145. The number of hydrogen-bond acceptors (Lipinski definition) is 7. The number of carbonyl (C=O) groups excluding carboxylic acids is 1. The molecule has 0 aliphatic carbocycles. The zero-order valence-electron chi connectivity index (χ0n) is 23.5. The van der Waals surface area contributed by atoms with Gasteiger partial charge in [0.25, 0.3) is 5.56 Å². The molecule has 10 heteroatoms. The van der Waals surface area contributed by atoms with E-state index in [1.165, 1.54) is 10.9 Å². The molecule has 41 heavy (non-hydrogen) atoms. The van der Waals surface area contributed by atoms with E-state index >= 15 is 0 Å². The monoisotopic (exact) mass is 639 g/mol. The van der Waals surface area contributed by atoms with E-state index in [0.717, 1.165) is 22.4 Å². The molecule has 0 bridgehead atoms. The molecule has 0 saturated carbocycles. The summed E-state index contributed by atoms with van der Waals surface area (Å²) in [6.45, 7) is 10.3. The van der Waals surface area contributed by atoms with Crippen LogP contribution >= 0.6 is 27.5 Å². The van der Waals surface area contributed by atoms with Crippen LogP contribution in [0.1, 0.15) is 50.3 Å². The molecule has 0 unspecified atom stereocenters. The Morgan fingerprint density at radius 1 is 1.12 bits per heavy atom. The molecule has 3 aromatic carbocycles. The maximum atomic E-state index is 13.8. The van der Waals surface area contributed by atoms with Gasteiger partial charge >= 0.3 is 5.97 Å². The van der Waals surface area contributed by atoms with Gasteiger partial charge in [-0.25, -0.2) is 9.78 Å². The summed E-state index contributed by atoms with van der Waals surface area (Å²) in [5, 5.41) is 5.43. The van der Waals surface area contributed by atoms with E-state index in [-0.39, 0.29) is 24.7 Å². The molecule has 0 N–H and O–H groups in total. The molecule has 0 radical (unpaired) electrons. The van der Waals surface area contributed by atoms with Crippen molar-refractivity contribution in [1.82, 2.24) is 9.66 Å². The molecular formula is C31H31BrClN3O5. The zero-order chi connectivity index (χ0) is 29.7. The maximum Gasteiger partial charge on any atom is 0.344 e. The molecule has 4 aromatic rings. The molecule has 1 heterocycles. The van der Waals surface area contributed by atoms with Crippen molar-refractivity contribution in [3.05, 3.63) is 85.1 Å². The van der Waals surface area contributed by atoms with E-state index in [2.05, 4.69) is 34.9 Å². The van der Waals surface area contributed by atoms with Crippen LogP contribution in [-0.4, -0.2) is 41.7 Å². The molecule has 0 atom stereocenters. The van der Waals surface area contributed by atoms with Gasteiger partial charge in [-0.2, -0.15) is 9.78 Å². The minimum Gasteiger partial charge on any atom is -0.494 e. The third-order valence-corrected chi connectivity index (χ3v) is 7.07. The summed E-state index contributed by atoms with van der Waals surface area (Å²) in [5.74, 6) is 1.16. The Balaban J connectivity index is 1.91. The highest BCUT2D eigenvalue weighted by atomic mass is 79.9. The van der Waals surface area contributed by atoms with Crippen molar-refractivity contribution in [2.24, 2.45) is 5.10 Å². The number of fused-ring (bicyclic) bond motifs is 1. The van der Waals surface area contributed by atoms with Gasteiger partial charge in [-0.15, -0.1) is 0 Å². The number of ether oxygens (including phenoxy) is 3. The Bertz CT molecular complexity index is 1680. The van der Waals surface area contributed by atoms with Crippen LogP contribution in [0.5, 0.6) is 11.5 Å². The normalized spacial score (nSPS) is 11.4. The lowest BCUT2D eigenvalue weighted by Gasteiger charge is -2.18. The topological polar surface area (TPSA) is 92.0 Å². The molecule has 0 fully saturated rings. The molecule has 1 aromatic heterocycles. The molecular weight excluding hydrogens is 610 g/mol. The number of esters is 1. The average Bonchev–Trinajstić information content (AvgIpc) is 2.92. The molecule has 0 spiro atoms. The summed E-state index contributed by atoms with van der Waals surface area (Å²) < 4.78 is 18.4. The predicted octanol–water partition coefficient (Wildman–Crippen LogP) is 7.13. The highest BCUT2D eigenvalue weighted by Crippen LogP contribution is 2.35. The fourth-order valence-electron chi connectivity index (χ4n) is 4.36. The van der Waals surface area contributed by atoms with Crippen LogP contribution in [0.4, 0.5) is 0 Å². The fourth-order valence-corrected chi connectivity index (χ4v) is 5.31. The lowest BCUT2D eigenvalue weighted by atomic mass is 9.96. The maximum absolute atomic E-state index is 13.8. The van der Waals surface area contributed by atoms with E-state index < -0.39 is 5.97 Å². The Morgan fingerprint density at radius 2 is 1.88 bits per heavy atom. The standard InChI is InChI=1S/C31H31BrClN3O5/c1-6-39-27-12-19(5)24(15-23(27)18(3)4)30-35-26-11-9-8-10-22(26)31(38)36(30)34-16-20-13-21(33)14-25(32)29(20)41-17-28(37)40-7-2/h8-16,18H,6-7,17H2,1-5H3. The summed E-state index contributed by atoms with van der Waals surface area (Å²) in [5.41, 5.74) is 3.31. The van der Waals surface area contributed by atoms with Gasteiger partial charge in [-0.1, -0.05) is 37.6 Å². The average molecular weight is 641 g/mol. The number of para-hydroxylation sites is 1. The molecule has 0 saturated heterocycles. The van der Waals surface area contributed by atoms with Crippen LogP contribution in [0.3, 0.4) is 0 Å². The first-order valence-electron chi connectivity index (χ1n) is 13.3. The van der Waals surface area contributed by atoms with Gasteiger partial charge in [0.05, 0.1) is 34.8 Å². The second-order valence-electron chi connectivity index (χ2n) is 9.51. The highest BCUT2D eigenvalue weighted by Gasteiger charge is 2.19. The fraction of sp³-hybridized carbons (Fsp3) is 0.290. The van der Waals surface area contributed by atoms with Gasteiger partial charge in [-0.3, -0.25) is 4.79 Å². The second kappa shape index (κ2) is 13.3. The summed E-state index contributed by atoms with van der Waals surface area (Å²) >= 11 is 9.78. The van der Waals surface area contributed by atoms with Crippen molar-refractivity contribution in [1.29, 1.82) is 0 Å². The first-order valence-corrected chi connectivity index (χ1v) is 14.4. The van der Waals surface area contributed by atoms with E-state index in [0.29, 0.717) is 44.1 Å². The number of nitrogens with zero attached hydrogens (tertiary/aromatic N) is 3. The van der Waals surface area contributed by atoms with Crippen molar-refractivity contribution >= 4 is 50.6 Å². The van der Waals surface area contributed by atoms with Gasteiger partial charge in [0.1, 0.15) is 11.5 Å². The number of hydrogen-bond donors (Lipinski definition) is 0. The molecule has 214 valence electrons. The van der Waals surface area contributed by atoms with E-state index in [1.54, 1.807) is 37.3 Å². The van der Waals surface area contributed by atoms with Crippen molar-refractivity contribution in [2.75, 3.05) is 19.8 Å². The minimum absolute atomic E-state index is 0.169. The van der Waals surface area contributed by atoms with Crippen LogP contribution < -0.4 is 15.0 Å². The van der Waals surface area contributed by atoms with Gasteiger partial charge in [-0.05, 0) is 90.1 Å². The van der Waals surface area contributed by atoms with Crippen molar-refractivity contribution in [3.8, 4) is 22.9 Å². The Hall–Kier alpha value is -3.69. The third-order valence-electron chi connectivity index (χ3n) is 6.26. The molecule has 0 aliphatic rings. The number of aryl methyl sites for hydroxylation is 1. The smallest absolute Gasteiger partial charge is 0.344 e. The zero-order valence-corrected chi connectivity index (χ0v) is 25.9.